The summed E-state index contributed by atoms with van der Waals surface area (Å²) in [5, 5.41) is 0. The van der Waals surface area contributed by atoms with Gasteiger partial charge in [-0.3, -0.25) is 0 Å². The summed E-state index contributed by atoms with van der Waals surface area (Å²) in [6.07, 6.45) is 3.13. The van der Waals surface area contributed by atoms with Crippen molar-refractivity contribution in [2.24, 2.45) is 0 Å². The lowest BCUT2D eigenvalue weighted by molar-refractivity contribution is -0.192. The highest BCUT2D eigenvalue weighted by Crippen LogP contribution is 2.37. The zero-order valence-corrected chi connectivity index (χ0v) is 11.2. The topological polar surface area (TPSA) is 27.7 Å². The first kappa shape index (κ1) is 13.9. The molecule has 1 spiro atoms. The molecular weight excluding hydrogens is 266 g/mol. The van der Waals surface area contributed by atoms with Crippen LogP contribution in [0.1, 0.15) is 31.2 Å². The van der Waals surface area contributed by atoms with E-state index in [9.17, 15) is 8.78 Å². The van der Waals surface area contributed by atoms with E-state index in [0.29, 0.717) is 13.2 Å². The van der Waals surface area contributed by atoms with Gasteiger partial charge in [-0.15, -0.1) is 0 Å². The van der Waals surface area contributed by atoms with Gasteiger partial charge in [0.25, 0.3) is 0 Å². The number of benzene rings is 1. The van der Waals surface area contributed by atoms with Crippen LogP contribution in [-0.2, 0) is 20.8 Å². The standard InChI is InChI=1S/C15H18F2O3/c16-13-2-1-3-14(17)12(13)10-18-11-4-6-15(7-5-11)19-8-9-20-15/h1-3,11H,4-10H2. The monoisotopic (exact) mass is 284 g/mol. The van der Waals surface area contributed by atoms with Crippen molar-refractivity contribution in [1.29, 1.82) is 0 Å². The highest BCUT2D eigenvalue weighted by molar-refractivity contribution is 5.18. The lowest BCUT2D eigenvalue weighted by Crippen LogP contribution is -2.37. The van der Waals surface area contributed by atoms with Gasteiger partial charge in [-0.05, 0) is 25.0 Å². The molecule has 1 saturated carbocycles. The van der Waals surface area contributed by atoms with E-state index in [1.54, 1.807) is 0 Å². The molecule has 0 aromatic heterocycles. The number of rotatable bonds is 3. The first-order valence-corrected chi connectivity index (χ1v) is 7.01. The quantitative estimate of drug-likeness (QED) is 0.853. The maximum absolute atomic E-state index is 13.5. The molecule has 2 aliphatic rings. The van der Waals surface area contributed by atoms with Crippen LogP contribution in [0.5, 0.6) is 0 Å². The molecule has 20 heavy (non-hydrogen) atoms. The van der Waals surface area contributed by atoms with Gasteiger partial charge in [0.1, 0.15) is 11.6 Å². The maximum Gasteiger partial charge on any atom is 0.168 e. The summed E-state index contributed by atoms with van der Waals surface area (Å²) in [4.78, 5) is 0. The van der Waals surface area contributed by atoms with Crippen LogP contribution in [-0.4, -0.2) is 25.1 Å². The first-order valence-electron chi connectivity index (χ1n) is 7.01. The smallest absolute Gasteiger partial charge is 0.168 e. The van der Waals surface area contributed by atoms with Crippen molar-refractivity contribution >= 4 is 0 Å². The van der Waals surface area contributed by atoms with Gasteiger partial charge in [0.05, 0.1) is 25.9 Å². The fraction of sp³-hybridized carbons (Fsp3) is 0.600. The molecule has 110 valence electrons. The van der Waals surface area contributed by atoms with Crippen LogP contribution < -0.4 is 0 Å². The molecule has 1 aromatic carbocycles. The Bertz CT molecular complexity index is 442. The minimum atomic E-state index is -0.556. The summed E-state index contributed by atoms with van der Waals surface area (Å²) in [6, 6.07) is 3.85. The average Bonchev–Trinajstić information content (AvgIpc) is 2.89. The average molecular weight is 284 g/mol. The predicted molar refractivity (Wildman–Crippen MR) is 68.0 cm³/mol. The normalized spacial score (nSPS) is 22.5. The minimum Gasteiger partial charge on any atom is -0.373 e. The van der Waals surface area contributed by atoms with Gasteiger partial charge < -0.3 is 14.2 Å². The van der Waals surface area contributed by atoms with E-state index < -0.39 is 17.4 Å². The molecular formula is C15H18F2O3. The molecule has 2 fully saturated rings. The van der Waals surface area contributed by atoms with Gasteiger partial charge in [-0.2, -0.15) is 0 Å². The molecule has 3 nitrogen and oxygen atoms in total. The molecule has 1 saturated heterocycles. The number of halogens is 2. The third-order valence-corrected chi connectivity index (χ3v) is 4.03. The largest absolute Gasteiger partial charge is 0.373 e. The summed E-state index contributed by atoms with van der Waals surface area (Å²) in [5.74, 6) is -1.54. The number of ether oxygens (including phenoxy) is 3. The fourth-order valence-electron chi connectivity index (χ4n) is 2.85. The molecule has 3 rings (SSSR count). The SMILES string of the molecule is Fc1cccc(F)c1COC1CCC2(CC1)OCCO2. The Morgan fingerprint density at radius 1 is 1.10 bits per heavy atom. The van der Waals surface area contributed by atoms with Crippen molar-refractivity contribution in [1.82, 2.24) is 0 Å². The van der Waals surface area contributed by atoms with Crippen LogP contribution in [0.3, 0.4) is 0 Å². The Kier molecular flexibility index (Phi) is 4.01. The Hall–Kier alpha value is -1.04. The van der Waals surface area contributed by atoms with Crippen LogP contribution in [0.2, 0.25) is 0 Å². The van der Waals surface area contributed by atoms with Crippen molar-refractivity contribution in [3.05, 3.63) is 35.4 Å². The van der Waals surface area contributed by atoms with Gasteiger partial charge in [0, 0.05) is 18.4 Å². The predicted octanol–water partition coefficient (Wildman–Crippen LogP) is 3.17. The molecule has 0 amide bonds. The molecule has 0 N–H and O–H groups in total. The summed E-state index contributed by atoms with van der Waals surface area (Å²) in [7, 11) is 0. The van der Waals surface area contributed by atoms with E-state index in [4.69, 9.17) is 14.2 Å². The second-order valence-electron chi connectivity index (χ2n) is 5.32. The number of hydrogen-bond acceptors (Lipinski definition) is 3. The minimum absolute atomic E-state index is 0.00107. The fourth-order valence-corrected chi connectivity index (χ4v) is 2.85. The van der Waals surface area contributed by atoms with Crippen LogP contribution in [0.4, 0.5) is 8.78 Å². The van der Waals surface area contributed by atoms with Crippen LogP contribution in [0.25, 0.3) is 0 Å². The zero-order chi connectivity index (χ0) is 14.0. The van der Waals surface area contributed by atoms with Crippen molar-refractivity contribution in [3.63, 3.8) is 0 Å². The Morgan fingerprint density at radius 3 is 2.30 bits per heavy atom. The number of hydrogen-bond donors (Lipinski definition) is 0. The van der Waals surface area contributed by atoms with Crippen molar-refractivity contribution in [2.75, 3.05) is 13.2 Å². The Labute approximate surface area is 116 Å². The van der Waals surface area contributed by atoms with Crippen LogP contribution in [0, 0.1) is 11.6 Å². The van der Waals surface area contributed by atoms with Gasteiger partial charge in [0.15, 0.2) is 5.79 Å². The molecule has 0 atom stereocenters. The first-order chi connectivity index (χ1) is 9.69. The van der Waals surface area contributed by atoms with E-state index in [1.807, 2.05) is 0 Å². The molecule has 1 aromatic rings. The highest BCUT2D eigenvalue weighted by Gasteiger charge is 2.40. The van der Waals surface area contributed by atoms with E-state index in [2.05, 4.69) is 0 Å². The van der Waals surface area contributed by atoms with Gasteiger partial charge in [0.2, 0.25) is 0 Å². The van der Waals surface area contributed by atoms with Gasteiger partial charge in [-0.1, -0.05) is 6.07 Å². The zero-order valence-electron chi connectivity index (χ0n) is 11.2. The van der Waals surface area contributed by atoms with Crippen molar-refractivity contribution < 1.29 is 23.0 Å². The second-order valence-corrected chi connectivity index (χ2v) is 5.32. The Balaban J connectivity index is 1.53. The third-order valence-electron chi connectivity index (χ3n) is 4.03. The summed E-state index contributed by atoms with van der Waals surface area (Å²) in [6.45, 7) is 1.26. The summed E-state index contributed by atoms with van der Waals surface area (Å²) < 4.78 is 43.9. The van der Waals surface area contributed by atoms with E-state index in [-0.39, 0.29) is 18.3 Å². The second kappa shape index (κ2) is 5.76. The van der Waals surface area contributed by atoms with E-state index >= 15 is 0 Å². The lowest BCUT2D eigenvalue weighted by atomic mass is 9.92. The van der Waals surface area contributed by atoms with E-state index in [1.165, 1.54) is 18.2 Å². The maximum atomic E-state index is 13.5. The van der Waals surface area contributed by atoms with E-state index in [0.717, 1.165) is 25.7 Å². The third kappa shape index (κ3) is 2.85. The molecule has 1 aliphatic carbocycles. The van der Waals surface area contributed by atoms with Crippen LogP contribution in [0.15, 0.2) is 18.2 Å². The lowest BCUT2D eigenvalue weighted by Gasteiger charge is -2.35. The van der Waals surface area contributed by atoms with Crippen molar-refractivity contribution in [2.45, 2.75) is 44.2 Å². The summed E-state index contributed by atoms with van der Waals surface area (Å²) >= 11 is 0. The Morgan fingerprint density at radius 2 is 1.70 bits per heavy atom. The van der Waals surface area contributed by atoms with Crippen molar-refractivity contribution in [3.8, 4) is 0 Å². The molecule has 1 heterocycles. The highest BCUT2D eigenvalue weighted by atomic mass is 19.1. The molecule has 0 unspecified atom stereocenters. The van der Waals surface area contributed by atoms with Crippen LogP contribution >= 0.6 is 0 Å². The summed E-state index contributed by atoms with van der Waals surface area (Å²) in [5.41, 5.74) is 0.00107. The molecule has 5 heteroatoms. The van der Waals surface area contributed by atoms with Gasteiger partial charge in [-0.25, -0.2) is 8.78 Å². The van der Waals surface area contributed by atoms with Gasteiger partial charge >= 0.3 is 0 Å². The molecule has 1 aliphatic heterocycles. The molecule has 0 bridgehead atoms. The molecule has 0 radical (unpaired) electrons.